The summed E-state index contributed by atoms with van der Waals surface area (Å²) in [6.45, 7) is 0.242. The molecule has 0 aliphatic rings. The second kappa shape index (κ2) is 5.59. The molecule has 18 heavy (non-hydrogen) atoms. The molecule has 0 saturated carbocycles. The van der Waals surface area contributed by atoms with Crippen molar-refractivity contribution in [3.8, 4) is 5.88 Å². The lowest BCUT2D eigenvalue weighted by Crippen LogP contribution is -2.06. The number of benzene rings is 1. The van der Waals surface area contributed by atoms with Gasteiger partial charge in [0.1, 0.15) is 12.2 Å². The Kier molecular flexibility index (Phi) is 3.88. The number of aromatic carboxylic acids is 1. The van der Waals surface area contributed by atoms with Crippen molar-refractivity contribution in [3.05, 3.63) is 52.1 Å². The minimum atomic E-state index is -1.09. The van der Waals surface area contributed by atoms with Crippen LogP contribution in [0.2, 0.25) is 0 Å². The first-order valence-corrected chi connectivity index (χ1v) is 5.88. The molecule has 0 radical (unpaired) electrons. The maximum atomic E-state index is 10.9. The van der Waals surface area contributed by atoms with Gasteiger partial charge in [0.15, 0.2) is 0 Å². The second-order valence-electron chi connectivity index (χ2n) is 3.47. The fraction of sp³-hybridized carbons (Fsp3) is 0.0833. The van der Waals surface area contributed by atoms with Gasteiger partial charge in [-0.15, -0.1) is 5.10 Å². The number of carboxylic acids is 1. The molecule has 0 atom stereocenters. The predicted molar refractivity (Wildman–Crippen MR) is 67.5 cm³/mol. The molecule has 0 amide bonds. The van der Waals surface area contributed by atoms with Crippen molar-refractivity contribution in [1.29, 1.82) is 0 Å². The molecule has 1 heterocycles. The topological polar surface area (TPSA) is 72.3 Å². The highest BCUT2D eigenvalue weighted by molar-refractivity contribution is 9.10. The minimum absolute atomic E-state index is 0.00196. The van der Waals surface area contributed by atoms with Crippen LogP contribution in [0.4, 0.5) is 0 Å². The molecular formula is C12H9BrN2O3. The van der Waals surface area contributed by atoms with E-state index in [0.717, 1.165) is 10.0 Å². The largest absolute Gasteiger partial charge is 0.477 e. The van der Waals surface area contributed by atoms with Gasteiger partial charge in [-0.2, -0.15) is 5.10 Å². The van der Waals surface area contributed by atoms with E-state index < -0.39 is 5.97 Å². The third-order valence-corrected chi connectivity index (χ3v) is 2.73. The van der Waals surface area contributed by atoms with Crippen molar-refractivity contribution in [3.63, 3.8) is 0 Å². The Morgan fingerprint density at radius 2 is 2.00 bits per heavy atom. The molecule has 0 spiro atoms. The first kappa shape index (κ1) is 12.5. The van der Waals surface area contributed by atoms with E-state index in [-0.39, 0.29) is 18.1 Å². The Hall–Kier alpha value is -1.95. The predicted octanol–water partition coefficient (Wildman–Crippen LogP) is 2.52. The number of halogens is 1. The van der Waals surface area contributed by atoms with Crippen molar-refractivity contribution < 1.29 is 14.6 Å². The van der Waals surface area contributed by atoms with Crippen LogP contribution in [0.5, 0.6) is 5.88 Å². The smallest absolute Gasteiger partial charge is 0.341 e. The maximum absolute atomic E-state index is 10.9. The van der Waals surface area contributed by atoms with Crippen LogP contribution in [-0.4, -0.2) is 21.3 Å². The first-order chi connectivity index (χ1) is 8.66. The molecule has 0 unspecified atom stereocenters. The summed E-state index contributed by atoms with van der Waals surface area (Å²) in [6.07, 6.45) is 1.32. The van der Waals surface area contributed by atoms with Crippen LogP contribution < -0.4 is 4.74 Å². The molecule has 0 saturated heterocycles. The number of nitrogens with zero attached hydrogens (tertiary/aromatic N) is 2. The van der Waals surface area contributed by atoms with Gasteiger partial charge in [-0.25, -0.2) is 4.79 Å². The van der Waals surface area contributed by atoms with Gasteiger partial charge in [0.05, 0.1) is 6.20 Å². The molecule has 0 aliphatic carbocycles. The molecule has 0 bridgehead atoms. The van der Waals surface area contributed by atoms with E-state index in [1.54, 1.807) is 0 Å². The Labute approximate surface area is 112 Å². The molecule has 5 nitrogen and oxygen atoms in total. The fourth-order valence-electron chi connectivity index (χ4n) is 1.32. The number of carboxylic acid groups (broad SMARTS) is 1. The van der Waals surface area contributed by atoms with Gasteiger partial charge in [0.2, 0.25) is 5.88 Å². The number of carbonyl (C=O) groups is 1. The molecule has 92 valence electrons. The molecule has 1 aromatic carbocycles. The van der Waals surface area contributed by atoms with Crippen LogP contribution in [0.1, 0.15) is 15.9 Å². The highest BCUT2D eigenvalue weighted by atomic mass is 79.9. The highest BCUT2D eigenvalue weighted by Gasteiger charge is 2.12. The quantitative estimate of drug-likeness (QED) is 0.939. The first-order valence-electron chi connectivity index (χ1n) is 5.09. The van der Waals surface area contributed by atoms with E-state index in [1.807, 2.05) is 24.3 Å². The zero-order valence-corrected chi connectivity index (χ0v) is 10.8. The summed E-state index contributed by atoms with van der Waals surface area (Å²) >= 11 is 3.33. The van der Waals surface area contributed by atoms with E-state index in [1.165, 1.54) is 12.3 Å². The number of hydrogen-bond donors (Lipinski definition) is 1. The lowest BCUT2D eigenvalue weighted by atomic mass is 10.2. The SMILES string of the molecule is O=C(O)c1ccnnc1OCc1ccc(Br)cc1. The van der Waals surface area contributed by atoms with Gasteiger partial charge in [0.25, 0.3) is 0 Å². The summed E-state index contributed by atoms with van der Waals surface area (Å²) in [5.41, 5.74) is 0.919. The molecule has 2 aromatic rings. The molecule has 2 rings (SSSR count). The third-order valence-electron chi connectivity index (χ3n) is 2.21. The van der Waals surface area contributed by atoms with Crippen LogP contribution in [0, 0.1) is 0 Å². The monoisotopic (exact) mass is 308 g/mol. The van der Waals surface area contributed by atoms with E-state index in [4.69, 9.17) is 9.84 Å². The summed E-state index contributed by atoms with van der Waals surface area (Å²) in [4.78, 5) is 10.9. The van der Waals surface area contributed by atoms with Crippen LogP contribution in [0.3, 0.4) is 0 Å². The van der Waals surface area contributed by atoms with Gasteiger partial charge in [0, 0.05) is 4.47 Å². The highest BCUT2D eigenvalue weighted by Crippen LogP contribution is 2.16. The van der Waals surface area contributed by atoms with Crippen molar-refractivity contribution >= 4 is 21.9 Å². The Morgan fingerprint density at radius 3 is 2.67 bits per heavy atom. The second-order valence-corrected chi connectivity index (χ2v) is 4.39. The van der Waals surface area contributed by atoms with E-state index in [9.17, 15) is 4.79 Å². The van der Waals surface area contributed by atoms with Crippen molar-refractivity contribution in [2.45, 2.75) is 6.61 Å². The van der Waals surface area contributed by atoms with Crippen LogP contribution in [0.15, 0.2) is 41.0 Å². The lowest BCUT2D eigenvalue weighted by Gasteiger charge is -2.06. The Balaban J connectivity index is 2.10. The van der Waals surface area contributed by atoms with Crippen molar-refractivity contribution in [2.75, 3.05) is 0 Å². The zero-order valence-electron chi connectivity index (χ0n) is 9.21. The minimum Gasteiger partial charge on any atom is -0.477 e. The summed E-state index contributed by atoms with van der Waals surface area (Å²) in [6, 6.07) is 8.87. The molecule has 6 heteroatoms. The van der Waals surface area contributed by atoms with E-state index in [0.29, 0.717) is 0 Å². The van der Waals surface area contributed by atoms with Gasteiger partial charge >= 0.3 is 5.97 Å². The molecule has 1 aromatic heterocycles. The van der Waals surface area contributed by atoms with Crippen LogP contribution in [0.25, 0.3) is 0 Å². The third kappa shape index (κ3) is 3.04. The molecule has 0 fully saturated rings. The number of rotatable bonds is 4. The maximum Gasteiger partial charge on any atom is 0.341 e. The number of hydrogen-bond acceptors (Lipinski definition) is 4. The van der Waals surface area contributed by atoms with E-state index >= 15 is 0 Å². The summed E-state index contributed by atoms with van der Waals surface area (Å²) in [5.74, 6) is -1.07. The van der Waals surface area contributed by atoms with Gasteiger partial charge in [-0.1, -0.05) is 28.1 Å². The van der Waals surface area contributed by atoms with Gasteiger partial charge in [-0.05, 0) is 23.8 Å². The normalized spacial score (nSPS) is 10.1. The van der Waals surface area contributed by atoms with Crippen LogP contribution in [-0.2, 0) is 6.61 Å². The molecular weight excluding hydrogens is 300 g/mol. The standard InChI is InChI=1S/C12H9BrN2O3/c13-9-3-1-8(2-4-9)7-18-11-10(12(16)17)5-6-14-15-11/h1-6H,7H2,(H,16,17). The Bertz CT molecular complexity index is 558. The molecule has 1 N–H and O–H groups in total. The summed E-state index contributed by atoms with van der Waals surface area (Å²) in [5, 5.41) is 16.2. The molecule has 0 aliphatic heterocycles. The summed E-state index contributed by atoms with van der Waals surface area (Å²) < 4.78 is 6.32. The zero-order chi connectivity index (χ0) is 13.0. The van der Waals surface area contributed by atoms with Gasteiger partial charge in [-0.3, -0.25) is 0 Å². The van der Waals surface area contributed by atoms with E-state index in [2.05, 4.69) is 26.1 Å². The summed E-state index contributed by atoms with van der Waals surface area (Å²) in [7, 11) is 0. The average molecular weight is 309 g/mol. The number of ether oxygens (including phenoxy) is 1. The fourth-order valence-corrected chi connectivity index (χ4v) is 1.58. The Morgan fingerprint density at radius 1 is 1.28 bits per heavy atom. The van der Waals surface area contributed by atoms with Crippen LogP contribution >= 0.6 is 15.9 Å². The number of aromatic nitrogens is 2. The average Bonchev–Trinajstić information content (AvgIpc) is 2.38. The lowest BCUT2D eigenvalue weighted by molar-refractivity contribution is 0.0690. The van der Waals surface area contributed by atoms with Crippen molar-refractivity contribution in [2.24, 2.45) is 0 Å². The van der Waals surface area contributed by atoms with Gasteiger partial charge < -0.3 is 9.84 Å². The van der Waals surface area contributed by atoms with Crippen molar-refractivity contribution in [1.82, 2.24) is 10.2 Å².